The maximum atomic E-state index is 12.1. The zero-order valence-corrected chi connectivity index (χ0v) is 9.43. The molecule has 2 atom stereocenters. The average molecular weight is 256 g/mol. The van der Waals surface area contributed by atoms with E-state index in [1.165, 1.54) is 0 Å². The molecule has 13 heavy (non-hydrogen) atoms. The third-order valence-electron chi connectivity index (χ3n) is 2.44. The smallest absolute Gasteiger partial charge is 0.251 e. The molecule has 4 heteroatoms. The number of alkyl halides is 3. The fraction of sp³-hybridized carbons (Fsp3) is 1.00. The van der Waals surface area contributed by atoms with Crippen molar-refractivity contribution in [1.29, 1.82) is 0 Å². The van der Waals surface area contributed by atoms with E-state index in [0.717, 1.165) is 24.8 Å². The summed E-state index contributed by atoms with van der Waals surface area (Å²) in [5.41, 5.74) is 0. The van der Waals surface area contributed by atoms with Gasteiger partial charge in [0.05, 0.1) is 6.54 Å². The van der Waals surface area contributed by atoms with Gasteiger partial charge >= 0.3 is 0 Å². The van der Waals surface area contributed by atoms with E-state index < -0.39 is 6.43 Å². The summed E-state index contributed by atoms with van der Waals surface area (Å²) in [6.07, 6.45) is -1.04. The van der Waals surface area contributed by atoms with Gasteiger partial charge in [0.2, 0.25) is 0 Å². The van der Waals surface area contributed by atoms with Gasteiger partial charge in [0.15, 0.2) is 0 Å². The summed E-state index contributed by atoms with van der Waals surface area (Å²) in [7, 11) is 0. The molecule has 0 saturated carbocycles. The molecule has 0 bridgehead atoms. The van der Waals surface area contributed by atoms with Gasteiger partial charge in [-0.15, -0.1) is 0 Å². The molecule has 1 heterocycles. The Bertz CT molecular complexity index is 153. The van der Waals surface area contributed by atoms with Crippen LogP contribution in [0.15, 0.2) is 0 Å². The van der Waals surface area contributed by atoms with E-state index in [-0.39, 0.29) is 6.54 Å². The zero-order chi connectivity index (χ0) is 9.84. The molecule has 78 valence electrons. The summed E-state index contributed by atoms with van der Waals surface area (Å²) in [5, 5.41) is 0.928. The molecule has 1 saturated heterocycles. The molecule has 0 amide bonds. The van der Waals surface area contributed by atoms with Crippen LogP contribution in [0.5, 0.6) is 0 Å². The second-order valence-electron chi connectivity index (χ2n) is 3.97. The van der Waals surface area contributed by atoms with Crippen molar-refractivity contribution in [2.45, 2.75) is 19.8 Å². The number of hydrogen-bond acceptors (Lipinski definition) is 1. The summed E-state index contributed by atoms with van der Waals surface area (Å²) in [4.78, 5) is 1.88. The van der Waals surface area contributed by atoms with E-state index in [0.29, 0.717) is 11.8 Å². The van der Waals surface area contributed by atoms with E-state index in [1.54, 1.807) is 0 Å². The quantitative estimate of drug-likeness (QED) is 0.701. The van der Waals surface area contributed by atoms with Crippen molar-refractivity contribution in [3.63, 3.8) is 0 Å². The Labute approximate surface area is 86.6 Å². The Kier molecular flexibility index (Phi) is 4.59. The molecule has 1 rings (SSSR count). The second kappa shape index (κ2) is 5.25. The fourth-order valence-corrected chi connectivity index (χ4v) is 2.52. The second-order valence-corrected chi connectivity index (χ2v) is 4.62. The van der Waals surface area contributed by atoms with Crippen molar-refractivity contribution < 1.29 is 8.78 Å². The first-order chi connectivity index (χ1) is 6.11. The lowest BCUT2D eigenvalue weighted by Gasteiger charge is -2.35. The Hall–Kier alpha value is 0.300. The predicted octanol–water partition coefficient (Wildman–Crippen LogP) is 2.60. The van der Waals surface area contributed by atoms with Crippen LogP contribution in [0.1, 0.15) is 13.3 Å². The van der Waals surface area contributed by atoms with Gasteiger partial charge in [-0.3, -0.25) is 4.90 Å². The van der Waals surface area contributed by atoms with Crippen molar-refractivity contribution in [3.8, 4) is 0 Å². The molecule has 1 aliphatic heterocycles. The molecule has 0 N–H and O–H groups in total. The maximum Gasteiger partial charge on any atom is 0.251 e. The summed E-state index contributed by atoms with van der Waals surface area (Å²) >= 11 is 3.42. The third kappa shape index (κ3) is 3.90. The van der Waals surface area contributed by atoms with Crippen LogP contribution in [0.3, 0.4) is 0 Å². The number of likely N-dealkylation sites (tertiary alicyclic amines) is 1. The van der Waals surface area contributed by atoms with Crippen molar-refractivity contribution >= 4 is 15.9 Å². The SMILES string of the molecule is CC1CC(CBr)CN(CC(F)F)C1. The van der Waals surface area contributed by atoms with Crippen LogP contribution < -0.4 is 0 Å². The van der Waals surface area contributed by atoms with Crippen LogP contribution in [0.2, 0.25) is 0 Å². The third-order valence-corrected chi connectivity index (χ3v) is 3.35. The first kappa shape index (κ1) is 11.4. The van der Waals surface area contributed by atoms with Crippen molar-refractivity contribution in [3.05, 3.63) is 0 Å². The van der Waals surface area contributed by atoms with Crippen molar-refractivity contribution in [1.82, 2.24) is 4.90 Å². The highest BCUT2D eigenvalue weighted by atomic mass is 79.9. The molecular formula is C9H16BrF2N. The van der Waals surface area contributed by atoms with Crippen LogP contribution in [0.25, 0.3) is 0 Å². The summed E-state index contributed by atoms with van der Waals surface area (Å²) < 4.78 is 24.2. The van der Waals surface area contributed by atoms with Gasteiger partial charge in [0.1, 0.15) is 0 Å². The zero-order valence-electron chi connectivity index (χ0n) is 7.85. The molecule has 0 radical (unpaired) electrons. The minimum absolute atomic E-state index is 0.0617. The maximum absolute atomic E-state index is 12.1. The summed E-state index contributed by atoms with van der Waals surface area (Å²) in [5.74, 6) is 1.09. The summed E-state index contributed by atoms with van der Waals surface area (Å²) in [6.45, 7) is 3.72. The van der Waals surface area contributed by atoms with Crippen LogP contribution in [0, 0.1) is 11.8 Å². The molecular weight excluding hydrogens is 240 g/mol. The number of piperidine rings is 1. The Balaban J connectivity index is 2.37. The van der Waals surface area contributed by atoms with E-state index in [2.05, 4.69) is 22.9 Å². The van der Waals surface area contributed by atoms with Gasteiger partial charge in [0.25, 0.3) is 6.43 Å². The Morgan fingerprint density at radius 1 is 1.46 bits per heavy atom. The molecule has 1 nitrogen and oxygen atoms in total. The minimum atomic E-state index is -2.19. The van der Waals surface area contributed by atoms with E-state index in [4.69, 9.17) is 0 Å². The predicted molar refractivity (Wildman–Crippen MR) is 53.5 cm³/mol. The molecule has 1 aliphatic rings. The van der Waals surface area contributed by atoms with E-state index in [1.807, 2.05) is 4.90 Å². The lowest BCUT2D eigenvalue weighted by atomic mass is 9.92. The van der Waals surface area contributed by atoms with Crippen LogP contribution in [0.4, 0.5) is 8.78 Å². The lowest BCUT2D eigenvalue weighted by Crippen LogP contribution is -2.42. The van der Waals surface area contributed by atoms with Gasteiger partial charge in [-0.05, 0) is 18.3 Å². The van der Waals surface area contributed by atoms with Crippen LogP contribution in [-0.4, -0.2) is 36.3 Å². The van der Waals surface area contributed by atoms with Crippen molar-refractivity contribution in [2.75, 3.05) is 25.0 Å². The lowest BCUT2D eigenvalue weighted by molar-refractivity contribution is 0.0538. The highest BCUT2D eigenvalue weighted by Gasteiger charge is 2.25. The molecule has 0 spiro atoms. The minimum Gasteiger partial charge on any atom is -0.297 e. The highest BCUT2D eigenvalue weighted by Crippen LogP contribution is 2.23. The fourth-order valence-electron chi connectivity index (χ4n) is 2.05. The number of hydrogen-bond donors (Lipinski definition) is 0. The Morgan fingerprint density at radius 3 is 2.69 bits per heavy atom. The first-order valence-corrected chi connectivity index (χ1v) is 5.80. The van der Waals surface area contributed by atoms with Gasteiger partial charge in [-0.1, -0.05) is 22.9 Å². The molecule has 2 unspecified atom stereocenters. The molecule has 0 aromatic carbocycles. The molecule has 1 fully saturated rings. The first-order valence-electron chi connectivity index (χ1n) is 4.68. The molecule has 0 aliphatic carbocycles. The van der Waals surface area contributed by atoms with E-state index >= 15 is 0 Å². The standard InChI is InChI=1S/C9H16BrF2N/c1-7-2-8(3-10)5-13(4-7)6-9(11)12/h7-9H,2-6H2,1H3. The topological polar surface area (TPSA) is 3.24 Å². The monoisotopic (exact) mass is 255 g/mol. The van der Waals surface area contributed by atoms with Gasteiger partial charge in [-0.2, -0.15) is 0 Å². The van der Waals surface area contributed by atoms with Crippen molar-refractivity contribution in [2.24, 2.45) is 11.8 Å². The summed E-state index contributed by atoms with van der Waals surface area (Å²) in [6, 6.07) is 0. The highest BCUT2D eigenvalue weighted by molar-refractivity contribution is 9.09. The number of nitrogens with zero attached hydrogens (tertiary/aromatic N) is 1. The normalized spacial score (nSPS) is 31.2. The van der Waals surface area contributed by atoms with E-state index in [9.17, 15) is 8.78 Å². The number of halogens is 3. The average Bonchev–Trinajstić information content (AvgIpc) is 2.01. The largest absolute Gasteiger partial charge is 0.297 e. The molecule has 0 aromatic rings. The Morgan fingerprint density at radius 2 is 2.15 bits per heavy atom. The number of rotatable bonds is 3. The molecule has 0 aromatic heterocycles. The van der Waals surface area contributed by atoms with Crippen LogP contribution >= 0.6 is 15.9 Å². The van der Waals surface area contributed by atoms with Crippen LogP contribution in [-0.2, 0) is 0 Å². The van der Waals surface area contributed by atoms with Gasteiger partial charge in [-0.25, -0.2) is 8.78 Å². The van der Waals surface area contributed by atoms with Gasteiger partial charge in [0, 0.05) is 18.4 Å². The van der Waals surface area contributed by atoms with Gasteiger partial charge < -0.3 is 0 Å².